The minimum absolute atomic E-state index is 0. The van der Waals surface area contributed by atoms with E-state index in [1.165, 1.54) is 6.07 Å². The number of benzene rings is 1. The molecule has 2 saturated heterocycles. The Kier molecular flexibility index (Phi) is 6.64. The fraction of sp³-hybridized carbons (Fsp3) is 0.588. The van der Waals surface area contributed by atoms with Crippen molar-refractivity contribution in [1.29, 1.82) is 0 Å². The second-order valence-corrected chi connectivity index (χ2v) is 6.27. The molecule has 2 aliphatic rings. The highest BCUT2D eigenvalue weighted by Crippen LogP contribution is 2.38. The van der Waals surface area contributed by atoms with Gasteiger partial charge in [0.25, 0.3) is 0 Å². The summed E-state index contributed by atoms with van der Waals surface area (Å²) in [6, 6.07) is 6.65. The van der Waals surface area contributed by atoms with Crippen LogP contribution < -0.4 is 5.32 Å². The van der Waals surface area contributed by atoms with Crippen molar-refractivity contribution in [3.8, 4) is 0 Å². The largest absolute Gasteiger partial charge is 0.381 e. The maximum absolute atomic E-state index is 13.3. The number of nitrogens with one attached hydrogen (secondary N) is 1. The summed E-state index contributed by atoms with van der Waals surface area (Å²) in [7, 11) is 0. The molecule has 0 aromatic heterocycles. The zero-order chi connectivity index (χ0) is 15.4. The molecule has 0 bridgehead atoms. The van der Waals surface area contributed by atoms with Gasteiger partial charge < -0.3 is 15.0 Å². The number of aliphatic imine (C=N–C) groups is 1. The standard InChI is InChI=1S/C17H24FN3O.HI/c1-2-19-16(20-11-14-4-3-5-15(18)10-14)21-8-6-17(12-21)7-9-22-13-17;/h3-5,10H,2,6-9,11-13H2,1H3,(H,19,20);1H. The van der Waals surface area contributed by atoms with Gasteiger partial charge in [0, 0.05) is 31.7 Å². The molecular weight excluding hydrogens is 408 g/mol. The first kappa shape index (κ1) is 18.4. The van der Waals surface area contributed by atoms with E-state index in [4.69, 9.17) is 4.74 Å². The van der Waals surface area contributed by atoms with Crippen LogP contribution in [0, 0.1) is 11.2 Å². The molecule has 128 valence electrons. The zero-order valence-electron chi connectivity index (χ0n) is 13.6. The fourth-order valence-electron chi connectivity index (χ4n) is 3.31. The molecule has 1 unspecified atom stereocenters. The first-order valence-corrected chi connectivity index (χ1v) is 8.06. The van der Waals surface area contributed by atoms with Crippen molar-refractivity contribution in [2.24, 2.45) is 10.4 Å². The van der Waals surface area contributed by atoms with Crippen LogP contribution >= 0.6 is 24.0 Å². The third-order valence-electron chi connectivity index (χ3n) is 4.56. The topological polar surface area (TPSA) is 36.9 Å². The van der Waals surface area contributed by atoms with Gasteiger partial charge in [-0.05, 0) is 37.5 Å². The number of guanidine groups is 1. The van der Waals surface area contributed by atoms with E-state index in [1.807, 2.05) is 6.07 Å². The molecule has 1 aromatic rings. The molecule has 1 spiro atoms. The first-order chi connectivity index (χ1) is 10.7. The highest BCUT2D eigenvalue weighted by atomic mass is 127. The van der Waals surface area contributed by atoms with Crippen LogP contribution in [0.2, 0.25) is 0 Å². The van der Waals surface area contributed by atoms with Crippen LogP contribution in [0.1, 0.15) is 25.3 Å². The van der Waals surface area contributed by atoms with Gasteiger partial charge in [-0.25, -0.2) is 9.38 Å². The third kappa shape index (κ3) is 4.56. The molecule has 0 aliphatic carbocycles. The molecule has 6 heteroatoms. The van der Waals surface area contributed by atoms with E-state index in [9.17, 15) is 4.39 Å². The van der Waals surface area contributed by atoms with Crippen LogP contribution in [0.4, 0.5) is 4.39 Å². The first-order valence-electron chi connectivity index (χ1n) is 8.06. The number of rotatable bonds is 3. The molecule has 2 fully saturated rings. The smallest absolute Gasteiger partial charge is 0.194 e. The van der Waals surface area contributed by atoms with Gasteiger partial charge in [0.15, 0.2) is 5.96 Å². The van der Waals surface area contributed by atoms with E-state index in [0.717, 1.165) is 57.2 Å². The number of likely N-dealkylation sites (tertiary alicyclic amines) is 1. The number of hydrogen-bond donors (Lipinski definition) is 1. The van der Waals surface area contributed by atoms with Crippen LogP contribution in [0.25, 0.3) is 0 Å². The lowest BCUT2D eigenvalue weighted by Crippen LogP contribution is -2.41. The third-order valence-corrected chi connectivity index (χ3v) is 4.56. The van der Waals surface area contributed by atoms with E-state index in [-0.39, 0.29) is 29.8 Å². The summed E-state index contributed by atoms with van der Waals surface area (Å²) >= 11 is 0. The Morgan fingerprint density at radius 3 is 3.00 bits per heavy atom. The Morgan fingerprint density at radius 1 is 1.43 bits per heavy atom. The maximum Gasteiger partial charge on any atom is 0.194 e. The Morgan fingerprint density at radius 2 is 2.30 bits per heavy atom. The predicted octanol–water partition coefficient (Wildman–Crippen LogP) is 3.02. The quantitative estimate of drug-likeness (QED) is 0.453. The molecule has 1 N–H and O–H groups in total. The highest BCUT2D eigenvalue weighted by Gasteiger charge is 2.42. The molecule has 23 heavy (non-hydrogen) atoms. The van der Waals surface area contributed by atoms with Crippen molar-refractivity contribution in [2.45, 2.75) is 26.3 Å². The molecule has 3 rings (SSSR count). The number of hydrogen-bond acceptors (Lipinski definition) is 2. The van der Waals surface area contributed by atoms with Gasteiger partial charge in [-0.1, -0.05) is 12.1 Å². The van der Waals surface area contributed by atoms with Gasteiger partial charge in [-0.3, -0.25) is 0 Å². The lowest BCUT2D eigenvalue weighted by molar-refractivity contribution is 0.156. The van der Waals surface area contributed by atoms with Crippen LogP contribution in [0.15, 0.2) is 29.3 Å². The average Bonchev–Trinajstić information content (AvgIpc) is 3.14. The molecular formula is C17H25FIN3O. The van der Waals surface area contributed by atoms with E-state index in [2.05, 4.69) is 22.1 Å². The van der Waals surface area contributed by atoms with E-state index >= 15 is 0 Å². The van der Waals surface area contributed by atoms with Crippen LogP contribution in [0.3, 0.4) is 0 Å². The summed E-state index contributed by atoms with van der Waals surface area (Å²) in [6.07, 6.45) is 2.31. The molecule has 0 amide bonds. The molecule has 1 atom stereocenters. The van der Waals surface area contributed by atoms with Crippen molar-refractivity contribution in [3.05, 3.63) is 35.6 Å². The Labute approximate surface area is 154 Å². The Hall–Kier alpha value is -0.890. The average molecular weight is 433 g/mol. The number of halogens is 2. The maximum atomic E-state index is 13.3. The second kappa shape index (κ2) is 8.28. The summed E-state index contributed by atoms with van der Waals surface area (Å²) in [5, 5.41) is 3.36. The van der Waals surface area contributed by atoms with E-state index in [1.54, 1.807) is 12.1 Å². The lowest BCUT2D eigenvalue weighted by Gasteiger charge is -2.25. The van der Waals surface area contributed by atoms with Crippen molar-refractivity contribution in [2.75, 3.05) is 32.8 Å². The van der Waals surface area contributed by atoms with Crippen molar-refractivity contribution in [1.82, 2.24) is 10.2 Å². The van der Waals surface area contributed by atoms with E-state index < -0.39 is 0 Å². The minimum atomic E-state index is -0.207. The number of ether oxygens (including phenoxy) is 1. The van der Waals surface area contributed by atoms with Crippen LogP contribution in [0.5, 0.6) is 0 Å². The van der Waals surface area contributed by atoms with Gasteiger partial charge in [-0.2, -0.15) is 0 Å². The van der Waals surface area contributed by atoms with E-state index in [0.29, 0.717) is 12.0 Å². The summed E-state index contributed by atoms with van der Waals surface area (Å²) < 4.78 is 18.8. The molecule has 0 radical (unpaired) electrons. The summed E-state index contributed by atoms with van der Waals surface area (Å²) in [6.45, 7) is 7.17. The summed E-state index contributed by atoms with van der Waals surface area (Å²) in [5.41, 5.74) is 1.21. The molecule has 2 aliphatic heterocycles. The second-order valence-electron chi connectivity index (χ2n) is 6.27. The van der Waals surface area contributed by atoms with Crippen molar-refractivity contribution in [3.63, 3.8) is 0 Å². The van der Waals surface area contributed by atoms with Crippen LogP contribution in [-0.2, 0) is 11.3 Å². The normalized spacial score (nSPS) is 24.1. The highest BCUT2D eigenvalue weighted by molar-refractivity contribution is 14.0. The van der Waals surface area contributed by atoms with Gasteiger partial charge in [0.1, 0.15) is 5.82 Å². The predicted molar refractivity (Wildman–Crippen MR) is 101 cm³/mol. The monoisotopic (exact) mass is 433 g/mol. The summed E-state index contributed by atoms with van der Waals surface area (Å²) in [4.78, 5) is 7.00. The lowest BCUT2D eigenvalue weighted by atomic mass is 9.87. The summed E-state index contributed by atoms with van der Waals surface area (Å²) in [5.74, 6) is 0.719. The van der Waals surface area contributed by atoms with Crippen molar-refractivity contribution < 1.29 is 9.13 Å². The van der Waals surface area contributed by atoms with Gasteiger partial charge >= 0.3 is 0 Å². The van der Waals surface area contributed by atoms with Crippen LogP contribution in [-0.4, -0.2) is 43.7 Å². The number of nitrogens with zero attached hydrogens (tertiary/aromatic N) is 2. The Bertz CT molecular complexity index is 546. The molecule has 0 saturated carbocycles. The van der Waals surface area contributed by atoms with Crippen molar-refractivity contribution >= 4 is 29.9 Å². The molecule has 2 heterocycles. The Balaban J connectivity index is 0.00000192. The van der Waals surface area contributed by atoms with Gasteiger partial charge in [-0.15, -0.1) is 24.0 Å². The SMILES string of the molecule is CCNC(=NCc1cccc(F)c1)N1CCC2(CCOC2)C1.I. The minimum Gasteiger partial charge on any atom is -0.381 e. The molecule has 4 nitrogen and oxygen atoms in total. The molecule has 1 aromatic carbocycles. The van der Waals surface area contributed by atoms with Gasteiger partial charge in [0.2, 0.25) is 0 Å². The van der Waals surface area contributed by atoms with Gasteiger partial charge in [0.05, 0.1) is 13.2 Å². The zero-order valence-corrected chi connectivity index (χ0v) is 15.9. The fourth-order valence-corrected chi connectivity index (χ4v) is 3.31.